The summed E-state index contributed by atoms with van der Waals surface area (Å²) in [6.45, 7) is 6.41. The molecule has 0 heterocycles. The van der Waals surface area contributed by atoms with Crippen molar-refractivity contribution in [3.05, 3.63) is 77.9 Å². The van der Waals surface area contributed by atoms with Gasteiger partial charge in [0.2, 0.25) is 0 Å². The molecule has 3 nitrogen and oxygen atoms in total. The fourth-order valence-corrected chi connectivity index (χ4v) is 3.04. The number of hydrogen-bond donors (Lipinski definition) is 1. The second kappa shape index (κ2) is 6.29. The van der Waals surface area contributed by atoms with Crippen LogP contribution in [-0.2, 0) is 11.3 Å². The highest BCUT2D eigenvalue weighted by Gasteiger charge is 2.35. The Labute approximate surface area is 137 Å². The summed E-state index contributed by atoms with van der Waals surface area (Å²) in [5, 5.41) is 3.47. The summed E-state index contributed by atoms with van der Waals surface area (Å²) in [5.74, 6) is -0.307. The molecule has 0 aliphatic heterocycles. The van der Waals surface area contributed by atoms with Crippen LogP contribution in [0.5, 0.6) is 0 Å². The third-order valence-electron chi connectivity index (χ3n) is 4.08. The maximum atomic E-state index is 12.4. The zero-order valence-corrected chi connectivity index (χ0v) is 13.3. The number of anilines is 1. The Hall–Kier alpha value is -2.55. The lowest BCUT2D eigenvalue weighted by Crippen LogP contribution is -2.43. The van der Waals surface area contributed by atoms with Crippen molar-refractivity contribution in [1.82, 2.24) is 0 Å². The van der Waals surface area contributed by atoms with Crippen LogP contribution >= 0.6 is 0 Å². The van der Waals surface area contributed by atoms with Gasteiger partial charge in [-0.05, 0) is 37.5 Å². The number of carbonyl (C=O) groups excluding carboxylic acids is 1. The number of para-hydroxylation sites is 1. The molecule has 0 atom stereocenters. The molecular weight excluding hydrogens is 286 g/mol. The van der Waals surface area contributed by atoms with Gasteiger partial charge in [0.1, 0.15) is 6.61 Å². The van der Waals surface area contributed by atoms with Crippen LogP contribution in [0.25, 0.3) is 0 Å². The fourth-order valence-electron chi connectivity index (χ4n) is 3.04. The van der Waals surface area contributed by atoms with Crippen LogP contribution in [0.3, 0.4) is 0 Å². The Morgan fingerprint density at radius 2 is 1.78 bits per heavy atom. The minimum atomic E-state index is -0.307. The third-order valence-corrected chi connectivity index (χ3v) is 4.08. The quantitative estimate of drug-likeness (QED) is 0.650. The van der Waals surface area contributed by atoms with E-state index in [-0.39, 0.29) is 18.1 Å². The van der Waals surface area contributed by atoms with E-state index in [0.717, 1.165) is 24.1 Å². The Morgan fingerprint density at radius 1 is 1.13 bits per heavy atom. The summed E-state index contributed by atoms with van der Waals surface area (Å²) in [6, 6.07) is 17.2. The van der Waals surface area contributed by atoms with E-state index in [1.54, 1.807) is 6.07 Å². The van der Waals surface area contributed by atoms with Gasteiger partial charge in [-0.25, -0.2) is 4.79 Å². The molecule has 3 heteroatoms. The van der Waals surface area contributed by atoms with E-state index >= 15 is 0 Å². The molecule has 1 aliphatic rings. The SMILES string of the molecule is C=C1CC(C)(Nc2ccccc2C(=O)OCc2ccccc2)C1. The monoisotopic (exact) mass is 307 g/mol. The maximum absolute atomic E-state index is 12.4. The van der Waals surface area contributed by atoms with Gasteiger partial charge >= 0.3 is 5.97 Å². The van der Waals surface area contributed by atoms with Gasteiger partial charge in [0.25, 0.3) is 0 Å². The second-order valence-corrected chi connectivity index (χ2v) is 6.40. The van der Waals surface area contributed by atoms with Crippen LogP contribution < -0.4 is 5.32 Å². The standard InChI is InChI=1S/C20H21NO2/c1-15-12-20(2,13-15)21-18-11-7-6-10-17(18)19(22)23-14-16-8-4-3-5-9-16/h3-11,21H,1,12-14H2,2H3. The third kappa shape index (κ3) is 3.62. The first-order valence-corrected chi connectivity index (χ1v) is 7.81. The first kappa shape index (κ1) is 15.3. The summed E-state index contributed by atoms with van der Waals surface area (Å²) < 4.78 is 5.45. The van der Waals surface area contributed by atoms with Gasteiger partial charge in [0.05, 0.1) is 5.56 Å². The van der Waals surface area contributed by atoms with Crippen molar-refractivity contribution in [2.24, 2.45) is 0 Å². The molecule has 0 radical (unpaired) electrons. The van der Waals surface area contributed by atoms with E-state index < -0.39 is 0 Å². The summed E-state index contributed by atoms with van der Waals surface area (Å²) in [7, 11) is 0. The molecule has 2 aromatic rings. The molecule has 3 rings (SSSR count). The number of nitrogens with one attached hydrogen (secondary N) is 1. The molecule has 1 N–H and O–H groups in total. The fraction of sp³-hybridized carbons (Fsp3) is 0.250. The van der Waals surface area contributed by atoms with Crippen molar-refractivity contribution < 1.29 is 9.53 Å². The molecule has 0 unspecified atom stereocenters. The normalized spacial score (nSPS) is 15.6. The first-order valence-electron chi connectivity index (χ1n) is 7.81. The van der Waals surface area contributed by atoms with Crippen LogP contribution in [0.4, 0.5) is 5.69 Å². The number of benzene rings is 2. The molecule has 0 saturated heterocycles. The lowest BCUT2D eigenvalue weighted by atomic mass is 9.74. The topological polar surface area (TPSA) is 38.3 Å². The molecule has 1 saturated carbocycles. The van der Waals surface area contributed by atoms with Crippen molar-refractivity contribution in [2.45, 2.75) is 31.9 Å². The van der Waals surface area contributed by atoms with Crippen LogP contribution in [0.15, 0.2) is 66.7 Å². The van der Waals surface area contributed by atoms with E-state index in [1.807, 2.05) is 48.5 Å². The highest BCUT2D eigenvalue weighted by molar-refractivity contribution is 5.95. The summed E-state index contributed by atoms with van der Waals surface area (Å²) in [4.78, 5) is 12.4. The molecule has 1 fully saturated rings. The Balaban J connectivity index is 1.69. The summed E-state index contributed by atoms with van der Waals surface area (Å²) in [5.41, 5.74) is 3.59. The number of esters is 1. The first-order chi connectivity index (χ1) is 11.1. The zero-order valence-electron chi connectivity index (χ0n) is 13.3. The van der Waals surface area contributed by atoms with Gasteiger partial charge in [-0.3, -0.25) is 0 Å². The van der Waals surface area contributed by atoms with Crippen LogP contribution in [0, 0.1) is 0 Å². The minimum absolute atomic E-state index is 0.0209. The second-order valence-electron chi connectivity index (χ2n) is 6.40. The highest BCUT2D eigenvalue weighted by atomic mass is 16.5. The van der Waals surface area contributed by atoms with Crippen LogP contribution in [0.2, 0.25) is 0 Å². The lowest BCUT2D eigenvalue weighted by molar-refractivity contribution is 0.0473. The van der Waals surface area contributed by atoms with E-state index in [9.17, 15) is 4.79 Å². The molecule has 0 spiro atoms. The maximum Gasteiger partial charge on any atom is 0.340 e. The van der Waals surface area contributed by atoms with Gasteiger partial charge in [-0.15, -0.1) is 0 Å². The number of hydrogen-bond acceptors (Lipinski definition) is 3. The van der Waals surface area contributed by atoms with Crippen molar-refractivity contribution in [3.63, 3.8) is 0 Å². The van der Waals surface area contributed by atoms with Gasteiger partial charge in [0.15, 0.2) is 0 Å². The Bertz CT molecular complexity index is 713. The van der Waals surface area contributed by atoms with Crippen molar-refractivity contribution in [3.8, 4) is 0 Å². The van der Waals surface area contributed by atoms with E-state index in [0.29, 0.717) is 5.56 Å². The van der Waals surface area contributed by atoms with Crippen molar-refractivity contribution in [2.75, 3.05) is 5.32 Å². The van der Waals surface area contributed by atoms with Crippen molar-refractivity contribution in [1.29, 1.82) is 0 Å². The van der Waals surface area contributed by atoms with Gasteiger partial charge in [-0.1, -0.05) is 54.6 Å². The molecule has 23 heavy (non-hydrogen) atoms. The van der Waals surface area contributed by atoms with Crippen molar-refractivity contribution >= 4 is 11.7 Å². The van der Waals surface area contributed by atoms with Gasteiger partial charge in [-0.2, -0.15) is 0 Å². The number of carbonyl (C=O) groups is 1. The minimum Gasteiger partial charge on any atom is -0.457 e. The zero-order chi connectivity index (χ0) is 16.3. The molecule has 2 aromatic carbocycles. The average Bonchev–Trinajstić information content (AvgIpc) is 2.53. The molecule has 0 aromatic heterocycles. The molecule has 118 valence electrons. The smallest absolute Gasteiger partial charge is 0.340 e. The largest absolute Gasteiger partial charge is 0.457 e. The summed E-state index contributed by atoms with van der Waals surface area (Å²) in [6.07, 6.45) is 1.86. The molecule has 1 aliphatic carbocycles. The number of ether oxygens (including phenoxy) is 1. The molecular formula is C20H21NO2. The predicted molar refractivity (Wildman–Crippen MR) is 92.4 cm³/mol. The van der Waals surface area contributed by atoms with E-state index in [4.69, 9.17) is 4.74 Å². The van der Waals surface area contributed by atoms with Gasteiger partial charge < -0.3 is 10.1 Å². The van der Waals surface area contributed by atoms with E-state index in [2.05, 4.69) is 18.8 Å². The lowest BCUT2D eigenvalue weighted by Gasteiger charge is -2.42. The summed E-state index contributed by atoms with van der Waals surface area (Å²) >= 11 is 0. The molecule has 0 bridgehead atoms. The molecule has 0 amide bonds. The number of rotatable bonds is 5. The Morgan fingerprint density at radius 3 is 2.48 bits per heavy atom. The predicted octanol–water partition coefficient (Wildman–Crippen LogP) is 4.56. The van der Waals surface area contributed by atoms with E-state index in [1.165, 1.54) is 5.57 Å². The van der Waals surface area contributed by atoms with Crippen LogP contribution in [-0.4, -0.2) is 11.5 Å². The van der Waals surface area contributed by atoms with Gasteiger partial charge in [0, 0.05) is 11.2 Å². The van der Waals surface area contributed by atoms with Crippen LogP contribution in [0.1, 0.15) is 35.7 Å². The highest BCUT2D eigenvalue weighted by Crippen LogP contribution is 2.39. The average molecular weight is 307 g/mol. The Kier molecular flexibility index (Phi) is 4.20.